The van der Waals surface area contributed by atoms with Crippen molar-refractivity contribution in [2.24, 2.45) is 0 Å². The van der Waals surface area contributed by atoms with Gasteiger partial charge in [-0.05, 0) is 25.5 Å². The van der Waals surface area contributed by atoms with E-state index in [1.165, 1.54) is 12.3 Å². The number of nitrogens with zero attached hydrogens (tertiary/aromatic N) is 4. The van der Waals surface area contributed by atoms with Crippen LogP contribution in [0.4, 0.5) is 11.4 Å². The second-order valence-electron chi connectivity index (χ2n) is 7.35. The minimum absolute atomic E-state index is 0.0921. The Morgan fingerprint density at radius 3 is 2.46 bits per heavy atom. The molecule has 0 amide bonds. The Morgan fingerprint density at radius 2 is 1.93 bits per heavy atom. The first-order valence-corrected chi connectivity index (χ1v) is 9.48. The van der Waals surface area contributed by atoms with Crippen LogP contribution in [0.3, 0.4) is 0 Å². The number of aromatic carboxylic acids is 1. The van der Waals surface area contributed by atoms with Gasteiger partial charge in [0, 0.05) is 44.5 Å². The van der Waals surface area contributed by atoms with Crippen LogP contribution in [0.2, 0.25) is 0 Å². The summed E-state index contributed by atoms with van der Waals surface area (Å²) in [5.74, 6) is -1.32. The van der Waals surface area contributed by atoms with Crippen molar-refractivity contribution in [3.8, 4) is 0 Å². The Bertz CT molecular complexity index is 1020. The predicted octanol–water partition coefficient (Wildman–Crippen LogP) is 2.08. The normalized spacial score (nSPS) is 17.8. The number of benzene rings is 1. The van der Waals surface area contributed by atoms with Gasteiger partial charge < -0.3 is 19.5 Å². The summed E-state index contributed by atoms with van der Waals surface area (Å²) >= 11 is 0. The van der Waals surface area contributed by atoms with Crippen molar-refractivity contribution in [1.82, 2.24) is 9.47 Å². The zero-order chi connectivity index (χ0) is 20.0. The largest absolute Gasteiger partial charge is 0.477 e. The van der Waals surface area contributed by atoms with Crippen molar-refractivity contribution in [3.63, 3.8) is 0 Å². The molecule has 1 aromatic heterocycles. The molecule has 28 heavy (non-hydrogen) atoms. The molecule has 9 nitrogen and oxygen atoms in total. The van der Waals surface area contributed by atoms with Crippen LogP contribution in [0.5, 0.6) is 0 Å². The number of nitro benzene ring substituents is 1. The van der Waals surface area contributed by atoms with E-state index in [1.54, 1.807) is 10.6 Å². The number of hydrogen-bond donors (Lipinski definition) is 1. The molecule has 0 unspecified atom stereocenters. The van der Waals surface area contributed by atoms with Crippen LogP contribution >= 0.6 is 0 Å². The van der Waals surface area contributed by atoms with E-state index in [4.69, 9.17) is 0 Å². The van der Waals surface area contributed by atoms with Crippen molar-refractivity contribution in [1.29, 1.82) is 0 Å². The highest BCUT2D eigenvalue weighted by Crippen LogP contribution is 2.39. The molecule has 0 spiro atoms. The van der Waals surface area contributed by atoms with Crippen LogP contribution in [-0.4, -0.2) is 58.2 Å². The van der Waals surface area contributed by atoms with Gasteiger partial charge in [0.1, 0.15) is 11.3 Å². The predicted molar refractivity (Wildman–Crippen MR) is 104 cm³/mol. The van der Waals surface area contributed by atoms with Gasteiger partial charge in [-0.1, -0.05) is 6.92 Å². The number of pyridine rings is 1. The van der Waals surface area contributed by atoms with E-state index in [9.17, 15) is 24.8 Å². The first-order chi connectivity index (χ1) is 13.4. The zero-order valence-corrected chi connectivity index (χ0v) is 15.6. The smallest absolute Gasteiger partial charge is 0.341 e. The number of hydrogen-bond acceptors (Lipinski definition) is 6. The fraction of sp³-hybridized carbons (Fsp3) is 0.474. The Balaban J connectivity index is 1.91. The summed E-state index contributed by atoms with van der Waals surface area (Å²) in [7, 11) is 0. The first kappa shape index (κ1) is 18.4. The van der Waals surface area contributed by atoms with E-state index < -0.39 is 16.3 Å². The maximum Gasteiger partial charge on any atom is 0.341 e. The van der Waals surface area contributed by atoms with Gasteiger partial charge in [-0.15, -0.1) is 0 Å². The summed E-state index contributed by atoms with van der Waals surface area (Å²) < 4.78 is 1.80. The standard InChI is InChI=1S/C19H22N4O5/c1-2-20-5-7-21(8-6-20)16-10-15-13(9-17(16)23(27)28)18(24)14(19(25)26)11-22(15)12-3-4-12/h9-12H,2-8H2,1H3,(H,25,26). The summed E-state index contributed by atoms with van der Waals surface area (Å²) in [6, 6.07) is 3.08. The number of rotatable bonds is 5. The number of carbonyl (C=O) groups is 1. The van der Waals surface area contributed by atoms with Gasteiger partial charge in [-0.3, -0.25) is 14.9 Å². The number of piperazine rings is 1. The molecule has 4 rings (SSSR count). The Kier molecular flexibility index (Phi) is 4.54. The summed E-state index contributed by atoms with van der Waals surface area (Å²) in [6.07, 6.45) is 3.19. The summed E-state index contributed by atoms with van der Waals surface area (Å²) in [5.41, 5.74) is -0.122. The van der Waals surface area contributed by atoms with Gasteiger partial charge >= 0.3 is 5.97 Å². The second-order valence-corrected chi connectivity index (χ2v) is 7.35. The molecule has 1 aliphatic carbocycles. The lowest BCUT2D eigenvalue weighted by Crippen LogP contribution is -2.46. The van der Waals surface area contributed by atoms with Crippen molar-refractivity contribution < 1.29 is 14.8 Å². The molecule has 0 atom stereocenters. The summed E-state index contributed by atoms with van der Waals surface area (Å²) in [4.78, 5) is 39.7. The maximum atomic E-state index is 12.7. The van der Waals surface area contributed by atoms with E-state index in [1.807, 2.05) is 4.90 Å². The van der Waals surface area contributed by atoms with Gasteiger partial charge in [0.2, 0.25) is 5.43 Å². The molecule has 2 heterocycles. The maximum absolute atomic E-state index is 12.7. The highest BCUT2D eigenvalue weighted by Gasteiger charge is 2.30. The third-order valence-corrected chi connectivity index (χ3v) is 5.66. The van der Waals surface area contributed by atoms with Crippen molar-refractivity contribution >= 4 is 28.2 Å². The van der Waals surface area contributed by atoms with Gasteiger partial charge in [-0.2, -0.15) is 0 Å². The number of nitro groups is 1. The summed E-state index contributed by atoms with van der Waals surface area (Å²) in [5, 5.41) is 21.2. The van der Waals surface area contributed by atoms with Crippen LogP contribution in [-0.2, 0) is 0 Å². The lowest BCUT2D eigenvalue weighted by molar-refractivity contribution is -0.384. The summed E-state index contributed by atoms with van der Waals surface area (Å²) in [6.45, 7) is 6.00. The number of carboxylic acids is 1. The van der Waals surface area contributed by atoms with Crippen LogP contribution in [0, 0.1) is 10.1 Å². The molecule has 2 fully saturated rings. The Hall–Kier alpha value is -2.94. The molecule has 0 radical (unpaired) electrons. The lowest BCUT2D eigenvalue weighted by atomic mass is 10.1. The van der Waals surface area contributed by atoms with Gasteiger partial charge in [0.15, 0.2) is 0 Å². The minimum Gasteiger partial charge on any atom is -0.477 e. The van der Waals surface area contributed by atoms with E-state index in [0.29, 0.717) is 24.3 Å². The van der Waals surface area contributed by atoms with Gasteiger partial charge in [-0.25, -0.2) is 4.79 Å². The highest BCUT2D eigenvalue weighted by molar-refractivity contribution is 5.95. The third kappa shape index (κ3) is 3.11. The molecule has 1 aromatic carbocycles. The van der Waals surface area contributed by atoms with E-state index in [0.717, 1.165) is 32.5 Å². The van der Waals surface area contributed by atoms with Gasteiger partial charge in [0.05, 0.1) is 15.8 Å². The van der Waals surface area contributed by atoms with E-state index >= 15 is 0 Å². The molecular weight excluding hydrogens is 364 g/mol. The quantitative estimate of drug-likeness (QED) is 0.619. The molecule has 2 aromatic rings. The molecule has 2 aliphatic rings. The molecule has 148 valence electrons. The molecular formula is C19H22N4O5. The monoisotopic (exact) mass is 386 g/mol. The molecule has 1 saturated heterocycles. The number of likely N-dealkylation sites (N-methyl/N-ethyl adjacent to an activating group) is 1. The molecule has 1 saturated carbocycles. The van der Waals surface area contributed by atoms with Crippen LogP contribution in [0.15, 0.2) is 23.1 Å². The molecule has 1 aliphatic heterocycles. The number of anilines is 1. The van der Waals surface area contributed by atoms with Crippen molar-refractivity contribution in [3.05, 3.63) is 44.2 Å². The topological polar surface area (TPSA) is 109 Å². The Morgan fingerprint density at radius 1 is 1.25 bits per heavy atom. The average molecular weight is 386 g/mol. The second kappa shape index (κ2) is 6.90. The lowest BCUT2D eigenvalue weighted by Gasteiger charge is -2.35. The van der Waals surface area contributed by atoms with Crippen molar-refractivity contribution in [2.75, 3.05) is 37.6 Å². The van der Waals surface area contributed by atoms with Crippen molar-refractivity contribution in [2.45, 2.75) is 25.8 Å². The fourth-order valence-corrected chi connectivity index (χ4v) is 3.89. The van der Waals surface area contributed by atoms with Crippen LogP contribution < -0.4 is 10.3 Å². The van der Waals surface area contributed by atoms with Gasteiger partial charge in [0.25, 0.3) is 5.69 Å². The van der Waals surface area contributed by atoms with E-state index in [-0.39, 0.29) is 22.7 Å². The van der Waals surface area contributed by atoms with Crippen LogP contribution in [0.1, 0.15) is 36.2 Å². The minimum atomic E-state index is -1.32. The average Bonchev–Trinajstić information content (AvgIpc) is 3.52. The zero-order valence-electron chi connectivity index (χ0n) is 15.6. The first-order valence-electron chi connectivity index (χ1n) is 9.48. The Labute approximate surface area is 160 Å². The SMILES string of the molecule is CCN1CCN(c2cc3c(cc2[N+](=O)[O-])c(=O)c(C(=O)O)cn3C2CC2)CC1. The molecule has 9 heteroatoms. The molecule has 0 bridgehead atoms. The highest BCUT2D eigenvalue weighted by atomic mass is 16.6. The third-order valence-electron chi connectivity index (χ3n) is 5.66. The molecule has 1 N–H and O–H groups in total. The number of fused-ring (bicyclic) bond motifs is 1. The number of aromatic nitrogens is 1. The number of carboxylic acid groups (broad SMARTS) is 1. The van der Waals surface area contributed by atoms with Crippen LogP contribution in [0.25, 0.3) is 10.9 Å². The van der Waals surface area contributed by atoms with E-state index in [2.05, 4.69) is 11.8 Å². The fourth-order valence-electron chi connectivity index (χ4n) is 3.89.